The highest BCUT2D eigenvalue weighted by atomic mass is 16.6. The zero-order valence-electron chi connectivity index (χ0n) is 11.2. The Bertz CT molecular complexity index is 455. The normalized spacial score (nSPS) is 46.3. The van der Waals surface area contributed by atoms with Crippen LogP contribution in [0, 0.1) is 5.92 Å². The third kappa shape index (κ3) is 1.94. The van der Waals surface area contributed by atoms with Gasteiger partial charge in [0.25, 0.3) is 0 Å². The van der Waals surface area contributed by atoms with Crippen LogP contribution in [0.4, 0.5) is 0 Å². The van der Waals surface area contributed by atoms with E-state index >= 15 is 0 Å². The molecule has 3 heterocycles. The first-order chi connectivity index (χ1) is 8.90. The van der Waals surface area contributed by atoms with Crippen LogP contribution in [-0.4, -0.2) is 35.0 Å². The minimum atomic E-state index is -0.672. The smallest absolute Gasteiger partial charge is 0.334 e. The second kappa shape index (κ2) is 4.18. The number of carbonyl (C=O) groups is 1. The van der Waals surface area contributed by atoms with Gasteiger partial charge in [0.2, 0.25) is 0 Å². The zero-order valence-corrected chi connectivity index (χ0v) is 11.2. The van der Waals surface area contributed by atoms with Crippen LogP contribution in [-0.2, 0) is 14.3 Å². The van der Waals surface area contributed by atoms with Gasteiger partial charge in [0.1, 0.15) is 6.10 Å². The zero-order chi connectivity index (χ0) is 13.8. The van der Waals surface area contributed by atoms with E-state index in [-0.39, 0.29) is 24.1 Å². The van der Waals surface area contributed by atoms with Gasteiger partial charge in [-0.3, -0.25) is 0 Å². The molecule has 0 spiro atoms. The molecule has 4 heteroatoms. The van der Waals surface area contributed by atoms with Gasteiger partial charge in [-0.1, -0.05) is 13.2 Å². The number of hydrogen-bond donors (Lipinski definition) is 1. The van der Waals surface area contributed by atoms with E-state index in [0.29, 0.717) is 24.8 Å². The molecule has 3 aliphatic heterocycles. The monoisotopic (exact) mass is 264 g/mol. The summed E-state index contributed by atoms with van der Waals surface area (Å²) in [6, 6.07) is 0. The number of aliphatic hydroxyl groups excluding tert-OH is 1. The van der Waals surface area contributed by atoms with Gasteiger partial charge in [-0.15, -0.1) is 0 Å². The molecule has 0 amide bonds. The largest absolute Gasteiger partial charge is 0.458 e. The average molecular weight is 264 g/mol. The highest BCUT2D eigenvalue weighted by Gasteiger charge is 2.51. The van der Waals surface area contributed by atoms with E-state index in [4.69, 9.17) is 9.47 Å². The molecule has 0 aromatic carbocycles. The van der Waals surface area contributed by atoms with Crippen molar-refractivity contribution >= 4 is 5.97 Å². The summed E-state index contributed by atoms with van der Waals surface area (Å²) in [5.74, 6) is -0.321. The van der Waals surface area contributed by atoms with E-state index in [9.17, 15) is 9.90 Å². The van der Waals surface area contributed by atoms with Gasteiger partial charge < -0.3 is 14.6 Å². The van der Waals surface area contributed by atoms with Gasteiger partial charge in [-0.05, 0) is 31.8 Å². The maximum absolute atomic E-state index is 11.7. The standard InChI is InChI=1S/C15H20O4/c1-8-4-5-13(16)15(3)7-12-10(6-11(8)19-15)9(2)14(17)18-12/h10-13,16H,1-2,4-7H2,3H3/t10-,11-,12-,13+,15+/m1/s1. The van der Waals surface area contributed by atoms with E-state index in [1.54, 1.807) is 0 Å². The molecule has 0 saturated carbocycles. The Labute approximate surface area is 113 Å². The summed E-state index contributed by atoms with van der Waals surface area (Å²) in [6.45, 7) is 9.82. The summed E-state index contributed by atoms with van der Waals surface area (Å²) >= 11 is 0. The lowest BCUT2D eigenvalue weighted by molar-refractivity contribution is -0.150. The summed E-state index contributed by atoms with van der Waals surface area (Å²) in [5, 5.41) is 10.3. The van der Waals surface area contributed by atoms with Crippen molar-refractivity contribution in [2.24, 2.45) is 5.92 Å². The molecule has 104 valence electrons. The maximum Gasteiger partial charge on any atom is 0.334 e. The summed E-state index contributed by atoms with van der Waals surface area (Å²) in [4.78, 5) is 11.7. The van der Waals surface area contributed by atoms with Crippen molar-refractivity contribution in [3.8, 4) is 0 Å². The number of aliphatic hydroxyl groups is 1. The second-order valence-electron chi connectivity index (χ2n) is 6.15. The van der Waals surface area contributed by atoms with E-state index in [0.717, 1.165) is 12.0 Å². The minimum Gasteiger partial charge on any atom is -0.458 e. The third-order valence-electron chi connectivity index (χ3n) is 4.80. The molecule has 2 bridgehead atoms. The lowest BCUT2D eigenvalue weighted by atomic mass is 9.82. The third-order valence-corrected chi connectivity index (χ3v) is 4.80. The van der Waals surface area contributed by atoms with E-state index in [1.807, 2.05) is 6.92 Å². The van der Waals surface area contributed by atoms with Gasteiger partial charge in [-0.2, -0.15) is 0 Å². The topological polar surface area (TPSA) is 55.8 Å². The number of ether oxygens (including phenoxy) is 2. The van der Waals surface area contributed by atoms with Gasteiger partial charge in [0, 0.05) is 17.9 Å². The van der Waals surface area contributed by atoms with Crippen molar-refractivity contribution in [2.45, 2.75) is 56.5 Å². The van der Waals surface area contributed by atoms with Crippen LogP contribution in [0.15, 0.2) is 24.3 Å². The van der Waals surface area contributed by atoms with E-state index in [2.05, 4.69) is 13.2 Å². The van der Waals surface area contributed by atoms with Crippen molar-refractivity contribution in [3.63, 3.8) is 0 Å². The Kier molecular flexibility index (Phi) is 2.84. The Balaban J connectivity index is 1.97. The summed E-state index contributed by atoms with van der Waals surface area (Å²) in [7, 11) is 0. The van der Waals surface area contributed by atoms with Crippen LogP contribution in [0.3, 0.4) is 0 Å². The molecule has 4 nitrogen and oxygen atoms in total. The number of carbonyl (C=O) groups excluding carboxylic acids is 1. The molecule has 0 unspecified atom stereocenters. The van der Waals surface area contributed by atoms with Crippen LogP contribution < -0.4 is 0 Å². The van der Waals surface area contributed by atoms with Crippen LogP contribution in [0.25, 0.3) is 0 Å². The fourth-order valence-corrected chi connectivity index (χ4v) is 3.45. The number of fused-ring (bicyclic) bond motifs is 3. The molecule has 0 aliphatic carbocycles. The molecule has 0 aromatic heterocycles. The minimum absolute atomic E-state index is 0.0126. The lowest BCUT2D eigenvalue weighted by Crippen LogP contribution is -2.44. The molecule has 3 rings (SSSR count). The van der Waals surface area contributed by atoms with Crippen LogP contribution in [0.1, 0.15) is 32.6 Å². The van der Waals surface area contributed by atoms with Gasteiger partial charge in [-0.25, -0.2) is 4.79 Å². The van der Waals surface area contributed by atoms with Crippen molar-refractivity contribution in [3.05, 3.63) is 24.3 Å². The first-order valence-electron chi connectivity index (χ1n) is 6.84. The van der Waals surface area contributed by atoms with Crippen LogP contribution in [0.2, 0.25) is 0 Å². The Hall–Kier alpha value is -1.13. The van der Waals surface area contributed by atoms with Crippen molar-refractivity contribution in [1.29, 1.82) is 0 Å². The fraction of sp³-hybridized carbons (Fsp3) is 0.667. The number of hydrogen-bond acceptors (Lipinski definition) is 4. The predicted octanol–water partition coefficient (Wildman–Crippen LogP) is 1.73. The van der Waals surface area contributed by atoms with Crippen LogP contribution in [0.5, 0.6) is 0 Å². The van der Waals surface area contributed by atoms with Gasteiger partial charge in [0.05, 0.1) is 17.8 Å². The molecule has 0 aromatic rings. The highest BCUT2D eigenvalue weighted by Crippen LogP contribution is 2.45. The fourth-order valence-electron chi connectivity index (χ4n) is 3.45. The van der Waals surface area contributed by atoms with E-state index < -0.39 is 11.7 Å². The molecule has 3 aliphatic rings. The molecule has 19 heavy (non-hydrogen) atoms. The first-order valence-corrected chi connectivity index (χ1v) is 6.84. The van der Waals surface area contributed by atoms with Gasteiger partial charge >= 0.3 is 5.97 Å². The molecular formula is C15H20O4. The Morgan fingerprint density at radius 1 is 1.42 bits per heavy atom. The predicted molar refractivity (Wildman–Crippen MR) is 69.4 cm³/mol. The first kappa shape index (κ1) is 12.9. The summed E-state index contributed by atoms with van der Waals surface area (Å²) < 4.78 is 11.5. The van der Waals surface area contributed by atoms with E-state index in [1.165, 1.54) is 0 Å². The molecule has 3 saturated heterocycles. The maximum atomic E-state index is 11.7. The van der Waals surface area contributed by atoms with Crippen molar-refractivity contribution in [1.82, 2.24) is 0 Å². The molecule has 0 radical (unpaired) electrons. The number of rotatable bonds is 0. The molecule has 5 atom stereocenters. The van der Waals surface area contributed by atoms with Gasteiger partial charge in [0.15, 0.2) is 0 Å². The molecular weight excluding hydrogens is 244 g/mol. The van der Waals surface area contributed by atoms with Crippen LogP contribution >= 0.6 is 0 Å². The van der Waals surface area contributed by atoms with Crippen molar-refractivity contribution in [2.75, 3.05) is 0 Å². The lowest BCUT2D eigenvalue weighted by Gasteiger charge is -2.34. The number of esters is 1. The summed E-state index contributed by atoms with van der Waals surface area (Å²) in [6.07, 6.45) is 1.71. The Morgan fingerprint density at radius 2 is 2.16 bits per heavy atom. The average Bonchev–Trinajstić information content (AvgIpc) is 2.51. The SMILES string of the molecule is C=C1C(=O)O[C@@H]2C[C@]3(C)O[C@H](C[C@H]12)C(=C)CC[C@@H]3O. The second-order valence-corrected chi connectivity index (χ2v) is 6.15. The molecule has 1 N–H and O–H groups in total. The summed E-state index contributed by atoms with van der Waals surface area (Å²) in [5.41, 5.74) is 0.857. The molecule has 3 fully saturated rings. The quantitative estimate of drug-likeness (QED) is 0.411. The van der Waals surface area contributed by atoms with Crippen molar-refractivity contribution < 1.29 is 19.4 Å². The Morgan fingerprint density at radius 3 is 2.89 bits per heavy atom. The highest BCUT2D eigenvalue weighted by molar-refractivity contribution is 5.90.